The standard InChI is InChI=1S/C16H20N6.ClH/c17-16-18-11-14(19-16)8-9-15-12-22(21-20-15)10-4-7-13-5-2-1-3-6-13;/h1-3,5-6,11-12H,4,7-10H2,(H3,17,18,19);1H. The topological polar surface area (TPSA) is 85.4 Å². The molecule has 0 fully saturated rings. The normalized spacial score (nSPS) is 10.4. The van der Waals surface area contributed by atoms with Crippen molar-refractivity contribution in [2.75, 3.05) is 5.73 Å². The second-order valence-electron chi connectivity index (χ2n) is 5.34. The number of rotatable bonds is 7. The molecule has 2 heterocycles. The molecule has 0 aliphatic carbocycles. The summed E-state index contributed by atoms with van der Waals surface area (Å²) in [7, 11) is 0. The van der Waals surface area contributed by atoms with E-state index in [1.54, 1.807) is 0 Å². The molecule has 2 aromatic heterocycles. The third-order valence-corrected chi connectivity index (χ3v) is 3.57. The molecule has 0 unspecified atom stereocenters. The van der Waals surface area contributed by atoms with Crippen molar-refractivity contribution in [3.8, 4) is 0 Å². The van der Waals surface area contributed by atoms with Crippen LogP contribution in [0, 0.1) is 0 Å². The molecule has 1 aromatic carbocycles. The first-order valence-corrected chi connectivity index (χ1v) is 7.52. The van der Waals surface area contributed by atoms with Gasteiger partial charge in [0.05, 0.1) is 11.4 Å². The van der Waals surface area contributed by atoms with E-state index in [0.29, 0.717) is 5.95 Å². The lowest BCUT2D eigenvalue weighted by Gasteiger charge is -2.01. The summed E-state index contributed by atoms with van der Waals surface area (Å²) >= 11 is 0. The first-order valence-electron chi connectivity index (χ1n) is 7.52. The second-order valence-corrected chi connectivity index (χ2v) is 5.34. The number of H-pyrrole nitrogens is 1. The van der Waals surface area contributed by atoms with Gasteiger partial charge in [-0.3, -0.25) is 4.68 Å². The van der Waals surface area contributed by atoms with Crippen LogP contribution in [0.4, 0.5) is 5.95 Å². The fraction of sp³-hybridized carbons (Fsp3) is 0.312. The van der Waals surface area contributed by atoms with Gasteiger partial charge >= 0.3 is 0 Å². The fourth-order valence-electron chi connectivity index (χ4n) is 2.41. The van der Waals surface area contributed by atoms with E-state index >= 15 is 0 Å². The highest BCUT2D eigenvalue weighted by Gasteiger charge is 2.04. The Kier molecular flexibility index (Phi) is 6.17. The van der Waals surface area contributed by atoms with E-state index < -0.39 is 0 Å². The van der Waals surface area contributed by atoms with Gasteiger partial charge in [0.2, 0.25) is 0 Å². The summed E-state index contributed by atoms with van der Waals surface area (Å²) in [5.74, 6) is 0.458. The van der Waals surface area contributed by atoms with Crippen molar-refractivity contribution in [2.45, 2.75) is 32.2 Å². The van der Waals surface area contributed by atoms with Gasteiger partial charge in [-0.25, -0.2) is 4.98 Å². The Hall–Kier alpha value is -2.34. The van der Waals surface area contributed by atoms with Crippen molar-refractivity contribution in [3.05, 3.63) is 59.7 Å². The number of imidazole rings is 1. The van der Waals surface area contributed by atoms with E-state index in [9.17, 15) is 0 Å². The first-order chi connectivity index (χ1) is 10.8. The Labute approximate surface area is 141 Å². The molecular weight excluding hydrogens is 312 g/mol. The number of hydrogen-bond acceptors (Lipinski definition) is 4. The monoisotopic (exact) mass is 332 g/mol. The van der Waals surface area contributed by atoms with Crippen molar-refractivity contribution in [2.24, 2.45) is 0 Å². The Bertz CT molecular complexity index is 706. The number of aromatic nitrogens is 5. The summed E-state index contributed by atoms with van der Waals surface area (Å²) in [5, 5.41) is 8.39. The summed E-state index contributed by atoms with van der Waals surface area (Å²) in [6.07, 6.45) is 7.60. The molecule has 7 heteroatoms. The average molecular weight is 333 g/mol. The van der Waals surface area contributed by atoms with Gasteiger partial charge in [-0.2, -0.15) is 0 Å². The zero-order chi connectivity index (χ0) is 15.2. The number of hydrogen-bond donors (Lipinski definition) is 2. The van der Waals surface area contributed by atoms with Crippen LogP contribution in [0.3, 0.4) is 0 Å². The molecule has 3 N–H and O–H groups in total. The Morgan fingerprint density at radius 1 is 1.04 bits per heavy atom. The van der Waals surface area contributed by atoms with Crippen LogP contribution in [0.1, 0.15) is 23.4 Å². The number of nitrogen functional groups attached to an aromatic ring is 1. The predicted octanol–water partition coefficient (Wildman–Crippen LogP) is 2.42. The highest BCUT2D eigenvalue weighted by molar-refractivity contribution is 5.85. The SMILES string of the molecule is Cl.Nc1nc(CCc2cn(CCCc3ccccc3)nn2)c[nH]1. The minimum absolute atomic E-state index is 0. The van der Waals surface area contributed by atoms with Gasteiger partial charge in [0.15, 0.2) is 5.95 Å². The van der Waals surface area contributed by atoms with Crippen LogP contribution in [0.15, 0.2) is 42.7 Å². The minimum atomic E-state index is 0. The van der Waals surface area contributed by atoms with Gasteiger partial charge in [0.1, 0.15) is 0 Å². The highest BCUT2D eigenvalue weighted by Crippen LogP contribution is 2.06. The van der Waals surface area contributed by atoms with Crippen LogP contribution in [0.2, 0.25) is 0 Å². The lowest BCUT2D eigenvalue weighted by atomic mass is 10.1. The van der Waals surface area contributed by atoms with E-state index in [1.165, 1.54) is 5.56 Å². The zero-order valence-corrected chi connectivity index (χ0v) is 13.7. The van der Waals surface area contributed by atoms with Gasteiger partial charge in [-0.05, 0) is 31.2 Å². The van der Waals surface area contributed by atoms with Crippen LogP contribution in [-0.2, 0) is 25.8 Å². The molecule has 122 valence electrons. The lowest BCUT2D eigenvalue weighted by Crippen LogP contribution is -2.00. The van der Waals surface area contributed by atoms with Crippen LogP contribution >= 0.6 is 12.4 Å². The number of aromatic amines is 1. The zero-order valence-electron chi connectivity index (χ0n) is 12.9. The van der Waals surface area contributed by atoms with Crippen molar-refractivity contribution < 1.29 is 0 Å². The number of anilines is 1. The maximum atomic E-state index is 5.56. The second kappa shape index (κ2) is 8.33. The van der Waals surface area contributed by atoms with E-state index in [0.717, 1.165) is 43.6 Å². The number of aryl methyl sites for hydroxylation is 4. The summed E-state index contributed by atoms with van der Waals surface area (Å²) in [6.45, 7) is 0.886. The summed E-state index contributed by atoms with van der Waals surface area (Å²) < 4.78 is 1.91. The van der Waals surface area contributed by atoms with E-state index in [2.05, 4.69) is 44.5 Å². The maximum Gasteiger partial charge on any atom is 0.197 e. The van der Waals surface area contributed by atoms with Gasteiger partial charge < -0.3 is 10.7 Å². The van der Waals surface area contributed by atoms with E-state index in [4.69, 9.17) is 5.73 Å². The number of nitrogens with two attached hydrogens (primary N) is 1. The number of benzene rings is 1. The smallest absolute Gasteiger partial charge is 0.197 e. The molecule has 0 saturated heterocycles. The Morgan fingerprint density at radius 2 is 1.83 bits per heavy atom. The Balaban J connectivity index is 0.00000192. The molecule has 0 amide bonds. The van der Waals surface area contributed by atoms with Gasteiger partial charge in [0.25, 0.3) is 0 Å². The van der Waals surface area contributed by atoms with Crippen molar-refractivity contribution >= 4 is 18.4 Å². The van der Waals surface area contributed by atoms with Crippen molar-refractivity contribution in [1.29, 1.82) is 0 Å². The average Bonchev–Trinajstić information content (AvgIpc) is 3.15. The molecule has 0 aliphatic heterocycles. The molecule has 0 radical (unpaired) electrons. The van der Waals surface area contributed by atoms with Crippen molar-refractivity contribution in [1.82, 2.24) is 25.0 Å². The number of halogens is 1. The fourth-order valence-corrected chi connectivity index (χ4v) is 2.41. The summed E-state index contributed by atoms with van der Waals surface area (Å²) in [6, 6.07) is 10.5. The third kappa shape index (κ3) is 5.10. The van der Waals surface area contributed by atoms with E-state index in [-0.39, 0.29) is 12.4 Å². The molecule has 23 heavy (non-hydrogen) atoms. The molecule has 0 aliphatic rings. The quantitative estimate of drug-likeness (QED) is 0.695. The van der Waals surface area contributed by atoms with Crippen molar-refractivity contribution in [3.63, 3.8) is 0 Å². The molecule has 0 saturated carbocycles. The minimum Gasteiger partial charge on any atom is -0.369 e. The Morgan fingerprint density at radius 3 is 2.57 bits per heavy atom. The summed E-state index contributed by atoms with van der Waals surface area (Å²) in [5.41, 5.74) is 8.86. The predicted molar refractivity (Wildman–Crippen MR) is 92.4 cm³/mol. The van der Waals surface area contributed by atoms with Gasteiger partial charge in [-0.15, -0.1) is 17.5 Å². The molecule has 3 rings (SSSR count). The lowest BCUT2D eigenvalue weighted by molar-refractivity contribution is 0.558. The van der Waals surface area contributed by atoms with Gasteiger partial charge in [0, 0.05) is 18.9 Å². The van der Waals surface area contributed by atoms with Gasteiger partial charge in [-0.1, -0.05) is 35.5 Å². The molecule has 0 spiro atoms. The van der Waals surface area contributed by atoms with Crippen LogP contribution < -0.4 is 5.73 Å². The third-order valence-electron chi connectivity index (χ3n) is 3.57. The molecule has 0 bridgehead atoms. The highest BCUT2D eigenvalue weighted by atomic mass is 35.5. The van der Waals surface area contributed by atoms with Crippen LogP contribution in [-0.4, -0.2) is 25.0 Å². The van der Waals surface area contributed by atoms with Crippen LogP contribution in [0.5, 0.6) is 0 Å². The molecule has 3 aromatic rings. The number of nitrogens with zero attached hydrogens (tertiary/aromatic N) is 4. The maximum absolute atomic E-state index is 5.56. The van der Waals surface area contributed by atoms with Crippen LogP contribution in [0.25, 0.3) is 0 Å². The molecular formula is C16H21ClN6. The summed E-state index contributed by atoms with van der Waals surface area (Å²) in [4.78, 5) is 7.06. The molecule has 6 nitrogen and oxygen atoms in total. The largest absolute Gasteiger partial charge is 0.369 e. The first kappa shape index (κ1) is 17.0. The number of nitrogens with one attached hydrogen (secondary N) is 1. The van der Waals surface area contributed by atoms with E-state index in [1.807, 2.05) is 23.1 Å². The molecule has 0 atom stereocenters.